The first-order valence-corrected chi connectivity index (χ1v) is 6.72. The second-order valence-corrected chi connectivity index (χ2v) is 5.10. The molecule has 1 aromatic heterocycles. The fraction of sp³-hybridized carbons (Fsp3) is 0.462. The highest BCUT2D eigenvalue weighted by Crippen LogP contribution is 2.13. The minimum atomic E-state index is -0.758. The van der Waals surface area contributed by atoms with Gasteiger partial charge < -0.3 is 15.8 Å². The third kappa shape index (κ3) is 3.91. The van der Waals surface area contributed by atoms with Gasteiger partial charge in [-0.15, -0.1) is 0 Å². The number of nitrogens with two attached hydrogens (primary N) is 1. The number of amides is 2. The van der Waals surface area contributed by atoms with Gasteiger partial charge in [0.25, 0.3) is 0 Å². The van der Waals surface area contributed by atoms with E-state index in [0.717, 1.165) is 5.56 Å². The number of primary amides is 1. The number of pyridine rings is 1. The highest BCUT2D eigenvalue weighted by atomic mass is 35.5. The van der Waals surface area contributed by atoms with Crippen molar-refractivity contribution in [2.45, 2.75) is 18.9 Å². The monoisotopic (exact) mass is 297 g/mol. The Hall–Kier alpha value is -1.66. The summed E-state index contributed by atoms with van der Waals surface area (Å²) in [5.41, 5.74) is 6.11. The van der Waals surface area contributed by atoms with Crippen molar-refractivity contribution in [1.29, 1.82) is 0 Å². The Bertz CT molecular complexity index is 486. The van der Waals surface area contributed by atoms with E-state index in [1.807, 2.05) is 0 Å². The second kappa shape index (κ2) is 6.67. The number of halogens is 1. The number of rotatable bonds is 5. The third-order valence-corrected chi connectivity index (χ3v) is 3.41. The SMILES string of the molecule is NC(=O)[C@@H](Cc1ccc(Cl)nc1)NC(=O)[C@@H]1CCOC1. The minimum Gasteiger partial charge on any atom is -0.381 e. The molecule has 0 bridgehead atoms. The van der Waals surface area contributed by atoms with Gasteiger partial charge in [-0.1, -0.05) is 17.7 Å². The molecule has 2 atom stereocenters. The van der Waals surface area contributed by atoms with Crippen molar-refractivity contribution in [2.24, 2.45) is 11.7 Å². The van der Waals surface area contributed by atoms with Gasteiger partial charge >= 0.3 is 0 Å². The summed E-state index contributed by atoms with van der Waals surface area (Å²) in [6.07, 6.45) is 2.52. The summed E-state index contributed by atoms with van der Waals surface area (Å²) in [6, 6.07) is 2.61. The zero-order valence-electron chi connectivity index (χ0n) is 10.8. The maximum Gasteiger partial charge on any atom is 0.240 e. The predicted octanol–water partition coefficient (Wildman–Crippen LogP) is 0.284. The van der Waals surface area contributed by atoms with Crippen LogP contribution in [0.5, 0.6) is 0 Å². The van der Waals surface area contributed by atoms with E-state index < -0.39 is 11.9 Å². The van der Waals surface area contributed by atoms with Gasteiger partial charge in [-0.25, -0.2) is 4.98 Å². The van der Waals surface area contributed by atoms with Gasteiger partial charge in [0.2, 0.25) is 11.8 Å². The van der Waals surface area contributed by atoms with Crippen LogP contribution in [0.25, 0.3) is 0 Å². The van der Waals surface area contributed by atoms with Crippen molar-refractivity contribution in [3.8, 4) is 0 Å². The van der Waals surface area contributed by atoms with Crippen molar-refractivity contribution < 1.29 is 14.3 Å². The smallest absolute Gasteiger partial charge is 0.240 e. The number of ether oxygens (including phenoxy) is 1. The lowest BCUT2D eigenvalue weighted by atomic mass is 10.0. The summed E-state index contributed by atoms with van der Waals surface area (Å²) in [7, 11) is 0. The Labute approximate surface area is 121 Å². The van der Waals surface area contributed by atoms with E-state index in [4.69, 9.17) is 22.1 Å². The van der Waals surface area contributed by atoms with Crippen LogP contribution in [0.3, 0.4) is 0 Å². The van der Waals surface area contributed by atoms with Crippen LogP contribution in [-0.2, 0) is 20.7 Å². The summed E-state index contributed by atoms with van der Waals surface area (Å²) in [6.45, 7) is 0.959. The van der Waals surface area contributed by atoms with Gasteiger partial charge in [-0.2, -0.15) is 0 Å². The number of aromatic nitrogens is 1. The fourth-order valence-corrected chi connectivity index (χ4v) is 2.13. The second-order valence-electron chi connectivity index (χ2n) is 4.72. The van der Waals surface area contributed by atoms with Crippen molar-refractivity contribution >= 4 is 23.4 Å². The Kier molecular flexibility index (Phi) is 4.92. The molecule has 0 aromatic carbocycles. The van der Waals surface area contributed by atoms with Crippen LogP contribution in [0.1, 0.15) is 12.0 Å². The summed E-state index contributed by atoms with van der Waals surface area (Å²) < 4.78 is 5.15. The molecule has 20 heavy (non-hydrogen) atoms. The highest BCUT2D eigenvalue weighted by Gasteiger charge is 2.27. The normalized spacial score (nSPS) is 19.6. The average Bonchev–Trinajstić information content (AvgIpc) is 2.94. The third-order valence-electron chi connectivity index (χ3n) is 3.19. The number of carbonyl (C=O) groups excluding carboxylic acids is 2. The van der Waals surface area contributed by atoms with Gasteiger partial charge in [-0.05, 0) is 18.1 Å². The highest BCUT2D eigenvalue weighted by molar-refractivity contribution is 6.29. The zero-order chi connectivity index (χ0) is 14.5. The lowest BCUT2D eigenvalue weighted by Crippen LogP contribution is -2.48. The van der Waals surface area contributed by atoms with Gasteiger partial charge in [0, 0.05) is 19.2 Å². The molecule has 1 aliphatic rings. The van der Waals surface area contributed by atoms with Gasteiger partial charge in [0.05, 0.1) is 12.5 Å². The number of nitrogens with zero attached hydrogens (tertiary/aromatic N) is 1. The number of hydrogen-bond acceptors (Lipinski definition) is 4. The first kappa shape index (κ1) is 14.7. The first-order valence-electron chi connectivity index (χ1n) is 6.34. The molecule has 1 fully saturated rings. The van der Waals surface area contributed by atoms with E-state index in [0.29, 0.717) is 31.2 Å². The van der Waals surface area contributed by atoms with Gasteiger partial charge in [-0.3, -0.25) is 9.59 Å². The van der Waals surface area contributed by atoms with Crippen molar-refractivity contribution in [1.82, 2.24) is 10.3 Å². The summed E-state index contributed by atoms with van der Waals surface area (Å²) >= 11 is 5.69. The molecule has 2 heterocycles. The van der Waals surface area contributed by atoms with Crippen LogP contribution in [0, 0.1) is 5.92 Å². The summed E-state index contributed by atoms with van der Waals surface area (Å²) in [5, 5.41) is 3.04. The predicted molar refractivity (Wildman–Crippen MR) is 73.0 cm³/mol. The number of hydrogen-bond donors (Lipinski definition) is 2. The molecule has 3 N–H and O–H groups in total. The number of nitrogens with one attached hydrogen (secondary N) is 1. The van der Waals surface area contributed by atoms with Crippen LogP contribution in [0.4, 0.5) is 0 Å². The van der Waals surface area contributed by atoms with Crippen LogP contribution >= 0.6 is 11.6 Å². The molecule has 2 rings (SSSR count). The van der Waals surface area contributed by atoms with E-state index in [-0.39, 0.29) is 11.8 Å². The molecule has 1 aliphatic heterocycles. The molecule has 108 valence electrons. The molecule has 1 aromatic rings. The molecule has 7 heteroatoms. The molecule has 0 radical (unpaired) electrons. The van der Waals surface area contributed by atoms with E-state index in [1.165, 1.54) is 0 Å². The minimum absolute atomic E-state index is 0.201. The largest absolute Gasteiger partial charge is 0.381 e. The molecule has 2 amide bonds. The molecule has 0 spiro atoms. The van der Waals surface area contributed by atoms with Crippen LogP contribution < -0.4 is 11.1 Å². The maximum absolute atomic E-state index is 12.0. The molecular weight excluding hydrogens is 282 g/mol. The number of carbonyl (C=O) groups is 2. The molecular formula is C13H16ClN3O3. The van der Waals surface area contributed by atoms with Crippen LogP contribution in [0.2, 0.25) is 5.15 Å². The van der Waals surface area contributed by atoms with Crippen molar-refractivity contribution in [3.05, 3.63) is 29.0 Å². The summed E-state index contributed by atoms with van der Waals surface area (Å²) in [5.74, 6) is -0.986. The molecule has 0 aliphatic carbocycles. The standard InChI is InChI=1S/C13H16ClN3O3/c14-11-2-1-8(6-16-11)5-10(12(15)18)17-13(19)9-3-4-20-7-9/h1-2,6,9-10H,3-5,7H2,(H2,15,18)(H,17,19)/t9-,10-/m1/s1. The van der Waals surface area contributed by atoms with E-state index >= 15 is 0 Å². The van der Waals surface area contributed by atoms with Crippen LogP contribution in [-0.4, -0.2) is 36.1 Å². The Balaban J connectivity index is 1.98. The average molecular weight is 298 g/mol. The van der Waals surface area contributed by atoms with Crippen molar-refractivity contribution in [3.63, 3.8) is 0 Å². The molecule has 1 saturated heterocycles. The zero-order valence-corrected chi connectivity index (χ0v) is 11.6. The van der Waals surface area contributed by atoms with E-state index in [2.05, 4.69) is 10.3 Å². The molecule has 0 saturated carbocycles. The first-order chi connectivity index (χ1) is 9.56. The lowest BCUT2D eigenvalue weighted by molar-refractivity contribution is -0.129. The lowest BCUT2D eigenvalue weighted by Gasteiger charge is -2.17. The van der Waals surface area contributed by atoms with E-state index in [1.54, 1.807) is 18.3 Å². The van der Waals surface area contributed by atoms with Crippen molar-refractivity contribution in [2.75, 3.05) is 13.2 Å². The summed E-state index contributed by atoms with van der Waals surface area (Å²) in [4.78, 5) is 27.3. The Morgan fingerprint density at radius 1 is 1.55 bits per heavy atom. The topological polar surface area (TPSA) is 94.3 Å². The maximum atomic E-state index is 12.0. The van der Waals surface area contributed by atoms with Gasteiger partial charge in [0.1, 0.15) is 11.2 Å². The van der Waals surface area contributed by atoms with E-state index in [9.17, 15) is 9.59 Å². The Morgan fingerprint density at radius 2 is 2.35 bits per heavy atom. The quantitative estimate of drug-likeness (QED) is 0.764. The molecule has 6 nitrogen and oxygen atoms in total. The molecule has 0 unspecified atom stereocenters. The Morgan fingerprint density at radius 3 is 2.90 bits per heavy atom. The fourth-order valence-electron chi connectivity index (χ4n) is 2.02. The van der Waals surface area contributed by atoms with Gasteiger partial charge in [0.15, 0.2) is 0 Å². The van der Waals surface area contributed by atoms with Crippen LogP contribution in [0.15, 0.2) is 18.3 Å².